The lowest BCUT2D eigenvalue weighted by Gasteiger charge is -2.17. The molecule has 2 amide bonds. The monoisotopic (exact) mass is 272 g/mol. The molecule has 0 rings (SSSR count). The van der Waals surface area contributed by atoms with Crippen molar-refractivity contribution in [1.29, 1.82) is 0 Å². The van der Waals surface area contributed by atoms with Gasteiger partial charge < -0.3 is 15.7 Å². The lowest BCUT2D eigenvalue weighted by Crippen LogP contribution is -2.39. The van der Waals surface area contributed by atoms with E-state index in [2.05, 4.69) is 10.6 Å². The standard InChI is InChI=1S/C13H24N2O4/c1-9(5-12(18)19)7-14-11(17)8-15-10(16)6-13(2,3)4/h9H,5-8H2,1-4H3,(H,14,17)(H,15,16)(H,18,19). The van der Waals surface area contributed by atoms with E-state index < -0.39 is 5.97 Å². The molecular formula is C13H24N2O4. The molecule has 0 aromatic heterocycles. The highest BCUT2D eigenvalue weighted by Crippen LogP contribution is 2.17. The van der Waals surface area contributed by atoms with Crippen LogP contribution in [0.4, 0.5) is 0 Å². The van der Waals surface area contributed by atoms with Crippen molar-refractivity contribution in [1.82, 2.24) is 10.6 Å². The van der Waals surface area contributed by atoms with Gasteiger partial charge in [-0.15, -0.1) is 0 Å². The number of hydrogen-bond donors (Lipinski definition) is 3. The third kappa shape index (κ3) is 11.2. The maximum Gasteiger partial charge on any atom is 0.303 e. The van der Waals surface area contributed by atoms with Crippen molar-refractivity contribution in [3.05, 3.63) is 0 Å². The molecule has 0 saturated heterocycles. The fourth-order valence-electron chi connectivity index (χ4n) is 1.44. The number of carbonyl (C=O) groups excluding carboxylic acids is 2. The fraction of sp³-hybridized carbons (Fsp3) is 0.769. The summed E-state index contributed by atoms with van der Waals surface area (Å²) in [6.07, 6.45) is 0.367. The average Bonchev–Trinajstić information content (AvgIpc) is 2.20. The lowest BCUT2D eigenvalue weighted by atomic mass is 9.92. The second kappa shape index (κ2) is 7.76. The first-order chi connectivity index (χ1) is 8.60. The molecule has 19 heavy (non-hydrogen) atoms. The van der Waals surface area contributed by atoms with Crippen molar-refractivity contribution in [3.63, 3.8) is 0 Å². The SMILES string of the molecule is CC(CNC(=O)CNC(=O)CC(C)(C)C)CC(=O)O. The summed E-state index contributed by atoms with van der Waals surface area (Å²) < 4.78 is 0. The topological polar surface area (TPSA) is 95.5 Å². The number of rotatable bonds is 7. The number of hydrogen-bond acceptors (Lipinski definition) is 3. The first-order valence-corrected chi connectivity index (χ1v) is 6.35. The van der Waals surface area contributed by atoms with Crippen LogP contribution in [-0.4, -0.2) is 36.0 Å². The van der Waals surface area contributed by atoms with E-state index in [1.165, 1.54) is 0 Å². The van der Waals surface area contributed by atoms with Gasteiger partial charge in [0.2, 0.25) is 11.8 Å². The molecule has 0 saturated carbocycles. The van der Waals surface area contributed by atoms with E-state index >= 15 is 0 Å². The lowest BCUT2D eigenvalue weighted by molar-refractivity contribution is -0.138. The van der Waals surface area contributed by atoms with Gasteiger partial charge >= 0.3 is 5.97 Å². The number of carboxylic acid groups (broad SMARTS) is 1. The summed E-state index contributed by atoms with van der Waals surface area (Å²) in [7, 11) is 0. The van der Waals surface area contributed by atoms with Crippen LogP contribution in [0.25, 0.3) is 0 Å². The number of carboxylic acids is 1. The second-order valence-electron chi connectivity index (χ2n) is 6.02. The molecule has 3 N–H and O–H groups in total. The van der Waals surface area contributed by atoms with Crippen molar-refractivity contribution in [2.75, 3.05) is 13.1 Å². The van der Waals surface area contributed by atoms with E-state index in [0.717, 1.165) is 0 Å². The summed E-state index contributed by atoms with van der Waals surface area (Å²) in [6.45, 7) is 7.79. The molecule has 6 nitrogen and oxygen atoms in total. The molecule has 0 aliphatic carbocycles. The zero-order chi connectivity index (χ0) is 15.1. The van der Waals surface area contributed by atoms with Crippen LogP contribution in [0.3, 0.4) is 0 Å². The van der Waals surface area contributed by atoms with Crippen LogP contribution in [0.5, 0.6) is 0 Å². The van der Waals surface area contributed by atoms with Crippen LogP contribution >= 0.6 is 0 Å². The molecule has 0 aromatic rings. The van der Waals surface area contributed by atoms with Crippen molar-refractivity contribution >= 4 is 17.8 Å². The highest BCUT2D eigenvalue weighted by Gasteiger charge is 2.16. The van der Waals surface area contributed by atoms with Gasteiger partial charge in [0.15, 0.2) is 0 Å². The third-order valence-corrected chi connectivity index (χ3v) is 2.31. The van der Waals surface area contributed by atoms with E-state index in [1.54, 1.807) is 6.92 Å². The molecule has 6 heteroatoms. The fourth-order valence-corrected chi connectivity index (χ4v) is 1.44. The Kier molecular flexibility index (Phi) is 7.11. The van der Waals surface area contributed by atoms with Gasteiger partial charge in [-0.2, -0.15) is 0 Å². The van der Waals surface area contributed by atoms with Crippen molar-refractivity contribution in [2.24, 2.45) is 11.3 Å². The molecule has 0 aliphatic heterocycles. The first kappa shape index (κ1) is 17.4. The van der Waals surface area contributed by atoms with Crippen LogP contribution < -0.4 is 10.6 Å². The Balaban J connectivity index is 3.82. The number of amides is 2. The Morgan fingerprint density at radius 1 is 1.11 bits per heavy atom. The molecule has 0 spiro atoms. The van der Waals surface area contributed by atoms with Crippen LogP contribution in [0.1, 0.15) is 40.5 Å². The van der Waals surface area contributed by atoms with Gasteiger partial charge in [0.1, 0.15) is 0 Å². The maximum atomic E-state index is 11.5. The molecule has 0 aliphatic rings. The molecule has 110 valence electrons. The normalized spacial score (nSPS) is 12.6. The Bertz CT molecular complexity index is 334. The van der Waals surface area contributed by atoms with E-state index in [9.17, 15) is 14.4 Å². The van der Waals surface area contributed by atoms with Crippen LogP contribution in [0.15, 0.2) is 0 Å². The summed E-state index contributed by atoms with van der Waals surface area (Å²) in [4.78, 5) is 33.3. The maximum absolute atomic E-state index is 11.5. The Hall–Kier alpha value is -1.59. The van der Waals surface area contributed by atoms with Crippen molar-refractivity contribution in [3.8, 4) is 0 Å². The summed E-state index contributed by atoms with van der Waals surface area (Å²) in [5, 5.41) is 13.7. The van der Waals surface area contributed by atoms with Gasteiger partial charge in [-0.05, 0) is 11.3 Å². The quantitative estimate of drug-likeness (QED) is 0.637. The Labute approximate surface area is 113 Å². The van der Waals surface area contributed by atoms with Crippen LogP contribution in [-0.2, 0) is 14.4 Å². The predicted octanol–water partition coefficient (Wildman–Crippen LogP) is 0.766. The van der Waals surface area contributed by atoms with E-state index in [1.807, 2.05) is 20.8 Å². The number of nitrogens with one attached hydrogen (secondary N) is 2. The molecular weight excluding hydrogens is 248 g/mol. The minimum absolute atomic E-state index is 0.0106. The van der Waals surface area contributed by atoms with Crippen molar-refractivity contribution < 1.29 is 19.5 Å². The van der Waals surface area contributed by atoms with Gasteiger partial charge in [0, 0.05) is 19.4 Å². The third-order valence-electron chi connectivity index (χ3n) is 2.31. The van der Waals surface area contributed by atoms with Gasteiger partial charge in [-0.1, -0.05) is 27.7 Å². The molecule has 0 bridgehead atoms. The van der Waals surface area contributed by atoms with E-state index in [-0.39, 0.29) is 36.1 Å². The molecule has 0 radical (unpaired) electrons. The zero-order valence-corrected chi connectivity index (χ0v) is 12.1. The molecule has 1 atom stereocenters. The minimum Gasteiger partial charge on any atom is -0.481 e. The molecule has 0 fully saturated rings. The largest absolute Gasteiger partial charge is 0.481 e. The molecule has 1 unspecified atom stereocenters. The van der Waals surface area contributed by atoms with Crippen molar-refractivity contribution in [2.45, 2.75) is 40.5 Å². The van der Waals surface area contributed by atoms with Crippen LogP contribution in [0, 0.1) is 11.3 Å². The van der Waals surface area contributed by atoms with E-state index in [0.29, 0.717) is 13.0 Å². The van der Waals surface area contributed by atoms with Gasteiger partial charge in [0.05, 0.1) is 6.54 Å². The number of carbonyl (C=O) groups is 3. The van der Waals surface area contributed by atoms with Crippen LogP contribution in [0.2, 0.25) is 0 Å². The Morgan fingerprint density at radius 2 is 1.68 bits per heavy atom. The molecule has 0 aromatic carbocycles. The summed E-state index contributed by atoms with van der Waals surface area (Å²) in [5.41, 5.74) is -0.115. The van der Waals surface area contributed by atoms with Gasteiger partial charge in [-0.25, -0.2) is 0 Å². The first-order valence-electron chi connectivity index (χ1n) is 6.35. The molecule has 0 heterocycles. The van der Waals surface area contributed by atoms with Gasteiger partial charge in [0.25, 0.3) is 0 Å². The highest BCUT2D eigenvalue weighted by molar-refractivity contribution is 5.84. The number of aliphatic carboxylic acids is 1. The minimum atomic E-state index is -0.889. The predicted molar refractivity (Wildman–Crippen MR) is 71.5 cm³/mol. The second-order valence-corrected chi connectivity index (χ2v) is 6.02. The van der Waals surface area contributed by atoms with E-state index in [4.69, 9.17) is 5.11 Å². The average molecular weight is 272 g/mol. The smallest absolute Gasteiger partial charge is 0.303 e. The highest BCUT2D eigenvalue weighted by atomic mass is 16.4. The summed E-state index contributed by atoms with van der Waals surface area (Å²) >= 11 is 0. The summed E-state index contributed by atoms with van der Waals surface area (Å²) in [6, 6.07) is 0. The van der Waals surface area contributed by atoms with Gasteiger partial charge in [-0.3, -0.25) is 14.4 Å². The Morgan fingerprint density at radius 3 is 2.16 bits per heavy atom. The zero-order valence-electron chi connectivity index (χ0n) is 12.1. The summed E-state index contributed by atoms with van der Waals surface area (Å²) in [5.74, 6) is -1.49.